The lowest BCUT2D eigenvalue weighted by Crippen LogP contribution is -2.02. The predicted octanol–water partition coefficient (Wildman–Crippen LogP) is 3.45. The Morgan fingerprint density at radius 3 is 2.64 bits per heavy atom. The molecule has 0 heterocycles. The second-order valence-electron chi connectivity index (χ2n) is 3.05. The number of ether oxygens (including phenoxy) is 1. The van der Waals surface area contributed by atoms with Crippen LogP contribution in [-0.2, 0) is 9.53 Å². The number of carbonyl (C=O) groups excluding carboxylic acids is 1. The van der Waals surface area contributed by atoms with E-state index in [0.717, 1.165) is 24.6 Å². The number of rotatable bonds is 7. The van der Waals surface area contributed by atoms with Gasteiger partial charge in [0.25, 0.3) is 0 Å². The number of hydrogen-bond donors (Lipinski definition) is 0. The van der Waals surface area contributed by atoms with Crippen LogP contribution in [0.4, 0.5) is 0 Å². The zero-order chi connectivity index (χ0) is 10.8. The number of unbranched alkanes of at least 4 members (excludes halogenated alkanes) is 1. The monoisotopic (exact) mass is 262 g/mol. The van der Waals surface area contributed by atoms with Crippen LogP contribution in [0.3, 0.4) is 0 Å². The summed E-state index contributed by atoms with van der Waals surface area (Å²) in [6, 6.07) is 0. The fourth-order valence-corrected chi connectivity index (χ4v) is 1.70. The van der Waals surface area contributed by atoms with Crippen molar-refractivity contribution in [2.24, 2.45) is 0 Å². The van der Waals surface area contributed by atoms with Crippen LogP contribution in [-0.4, -0.2) is 17.9 Å². The van der Waals surface area contributed by atoms with Gasteiger partial charge in [-0.15, -0.1) is 0 Å². The maximum atomic E-state index is 11.0. The number of halogens is 1. The summed E-state index contributed by atoms with van der Waals surface area (Å²) in [4.78, 5) is 11.0. The van der Waals surface area contributed by atoms with Crippen molar-refractivity contribution >= 4 is 21.9 Å². The molecule has 0 aliphatic carbocycles. The van der Waals surface area contributed by atoms with Gasteiger partial charge in [0.15, 0.2) is 0 Å². The fraction of sp³-hybridized carbons (Fsp3) is 0.727. The van der Waals surface area contributed by atoms with Crippen LogP contribution < -0.4 is 0 Å². The average molecular weight is 263 g/mol. The quantitative estimate of drug-likeness (QED) is 0.304. The zero-order valence-electron chi connectivity index (χ0n) is 9.01. The first-order valence-corrected chi connectivity index (χ1v) is 6.26. The van der Waals surface area contributed by atoms with Crippen LogP contribution in [0.15, 0.2) is 11.6 Å². The Bertz CT molecular complexity index is 182. The van der Waals surface area contributed by atoms with Crippen molar-refractivity contribution in [2.75, 3.05) is 11.9 Å². The molecule has 14 heavy (non-hydrogen) atoms. The molecule has 0 fully saturated rings. The zero-order valence-corrected chi connectivity index (χ0v) is 10.6. The van der Waals surface area contributed by atoms with Gasteiger partial charge in [-0.1, -0.05) is 34.5 Å². The summed E-state index contributed by atoms with van der Waals surface area (Å²) in [5, 5.41) is 0.933. The van der Waals surface area contributed by atoms with Gasteiger partial charge >= 0.3 is 5.97 Å². The van der Waals surface area contributed by atoms with Gasteiger partial charge in [-0.2, -0.15) is 0 Å². The minimum Gasteiger partial charge on any atom is -0.466 e. The first-order chi connectivity index (χ1) is 6.74. The third-order valence-electron chi connectivity index (χ3n) is 1.95. The van der Waals surface area contributed by atoms with Crippen molar-refractivity contribution in [3.8, 4) is 0 Å². The third kappa shape index (κ3) is 7.13. The van der Waals surface area contributed by atoms with Gasteiger partial charge in [0.1, 0.15) is 0 Å². The predicted molar refractivity (Wildman–Crippen MR) is 62.7 cm³/mol. The number of carbonyl (C=O) groups is 1. The molecule has 0 aromatic rings. The molecule has 0 spiro atoms. The van der Waals surface area contributed by atoms with Crippen LogP contribution in [0.25, 0.3) is 0 Å². The van der Waals surface area contributed by atoms with E-state index in [9.17, 15) is 4.79 Å². The SMILES string of the molecule is CCOC(=O)CCC/C=C(\CC)CBr. The van der Waals surface area contributed by atoms with Gasteiger partial charge in [-0.05, 0) is 26.2 Å². The smallest absolute Gasteiger partial charge is 0.305 e. The standard InChI is InChI=1S/C11H19BrO2/c1-3-10(9-12)7-5-6-8-11(13)14-4-2/h7H,3-6,8-9H2,1-2H3/b10-7+. The van der Waals surface area contributed by atoms with E-state index < -0.39 is 0 Å². The van der Waals surface area contributed by atoms with Gasteiger partial charge in [-0.25, -0.2) is 0 Å². The molecule has 0 rings (SSSR count). The van der Waals surface area contributed by atoms with E-state index in [1.54, 1.807) is 0 Å². The highest BCUT2D eigenvalue weighted by atomic mass is 79.9. The van der Waals surface area contributed by atoms with Gasteiger partial charge in [0, 0.05) is 11.8 Å². The molecule has 0 aliphatic rings. The summed E-state index contributed by atoms with van der Waals surface area (Å²) in [6.07, 6.45) is 5.66. The number of hydrogen-bond acceptors (Lipinski definition) is 2. The number of allylic oxidation sites excluding steroid dienone is 2. The first-order valence-electron chi connectivity index (χ1n) is 5.14. The molecule has 0 aromatic heterocycles. The fourth-order valence-electron chi connectivity index (χ4n) is 1.08. The largest absolute Gasteiger partial charge is 0.466 e. The van der Waals surface area contributed by atoms with E-state index in [2.05, 4.69) is 28.9 Å². The molecule has 0 N–H and O–H groups in total. The summed E-state index contributed by atoms with van der Waals surface area (Å²) < 4.78 is 4.83. The lowest BCUT2D eigenvalue weighted by Gasteiger charge is -2.01. The van der Waals surface area contributed by atoms with Crippen molar-refractivity contribution in [2.45, 2.75) is 39.5 Å². The van der Waals surface area contributed by atoms with E-state index >= 15 is 0 Å². The van der Waals surface area contributed by atoms with Gasteiger partial charge in [-0.3, -0.25) is 4.79 Å². The van der Waals surface area contributed by atoms with Crippen LogP contribution >= 0.6 is 15.9 Å². The summed E-state index contributed by atoms with van der Waals surface area (Å²) in [5.74, 6) is -0.0854. The van der Waals surface area contributed by atoms with E-state index in [0.29, 0.717) is 13.0 Å². The third-order valence-corrected chi connectivity index (χ3v) is 2.67. The highest BCUT2D eigenvalue weighted by Crippen LogP contribution is 2.08. The summed E-state index contributed by atoms with van der Waals surface area (Å²) >= 11 is 3.42. The maximum Gasteiger partial charge on any atom is 0.305 e. The van der Waals surface area contributed by atoms with Crippen molar-refractivity contribution in [3.05, 3.63) is 11.6 Å². The molecular formula is C11H19BrO2. The van der Waals surface area contributed by atoms with Crippen LogP contribution in [0.2, 0.25) is 0 Å². The Hall–Kier alpha value is -0.310. The molecule has 2 nitrogen and oxygen atoms in total. The first kappa shape index (κ1) is 13.7. The van der Waals surface area contributed by atoms with Crippen molar-refractivity contribution in [3.63, 3.8) is 0 Å². The second-order valence-corrected chi connectivity index (χ2v) is 3.61. The van der Waals surface area contributed by atoms with Crippen LogP contribution in [0, 0.1) is 0 Å². The van der Waals surface area contributed by atoms with Crippen LogP contribution in [0.5, 0.6) is 0 Å². The molecule has 0 saturated heterocycles. The van der Waals surface area contributed by atoms with Gasteiger partial charge in [0.2, 0.25) is 0 Å². The number of alkyl halides is 1. The minimum absolute atomic E-state index is 0.0854. The maximum absolute atomic E-state index is 11.0. The Balaban J connectivity index is 3.54. The lowest BCUT2D eigenvalue weighted by molar-refractivity contribution is -0.143. The molecule has 0 bridgehead atoms. The Labute approximate surface area is 94.8 Å². The minimum atomic E-state index is -0.0854. The summed E-state index contributed by atoms with van der Waals surface area (Å²) in [7, 11) is 0. The molecule has 0 amide bonds. The molecule has 0 aromatic carbocycles. The molecule has 0 aliphatic heterocycles. The Morgan fingerprint density at radius 2 is 2.14 bits per heavy atom. The average Bonchev–Trinajstić information content (AvgIpc) is 2.19. The highest BCUT2D eigenvalue weighted by molar-refractivity contribution is 9.09. The van der Waals surface area contributed by atoms with E-state index in [-0.39, 0.29) is 5.97 Å². The van der Waals surface area contributed by atoms with Crippen LogP contribution in [0.1, 0.15) is 39.5 Å². The lowest BCUT2D eigenvalue weighted by atomic mass is 10.1. The molecule has 0 radical (unpaired) electrons. The van der Waals surface area contributed by atoms with Crippen molar-refractivity contribution in [1.29, 1.82) is 0 Å². The van der Waals surface area contributed by atoms with E-state index in [1.807, 2.05) is 6.92 Å². The number of esters is 1. The summed E-state index contributed by atoms with van der Waals surface area (Å²) in [6.45, 7) is 4.45. The van der Waals surface area contributed by atoms with E-state index in [4.69, 9.17) is 4.74 Å². The normalized spacial score (nSPS) is 11.5. The van der Waals surface area contributed by atoms with Crippen molar-refractivity contribution in [1.82, 2.24) is 0 Å². The molecule has 3 heteroatoms. The highest BCUT2D eigenvalue weighted by Gasteiger charge is 1.99. The molecule has 82 valence electrons. The second kappa shape index (κ2) is 9.25. The molecule has 0 saturated carbocycles. The molecular weight excluding hydrogens is 244 g/mol. The molecule has 0 atom stereocenters. The topological polar surface area (TPSA) is 26.3 Å². The molecule has 0 unspecified atom stereocenters. The Kier molecular flexibility index (Phi) is 9.05. The Morgan fingerprint density at radius 1 is 1.43 bits per heavy atom. The van der Waals surface area contributed by atoms with Crippen molar-refractivity contribution < 1.29 is 9.53 Å². The summed E-state index contributed by atoms with van der Waals surface area (Å²) in [5.41, 5.74) is 1.40. The van der Waals surface area contributed by atoms with Gasteiger partial charge < -0.3 is 4.74 Å². The van der Waals surface area contributed by atoms with E-state index in [1.165, 1.54) is 5.57 Å². The van der Waals surface area contributed by atoms with Gasteiger partial charge in [0.05, 0.1) is 6.61 Å².